The molecule has 1 aromatic carbocycles. The molecule has 4 rings (SSSR count). The van der Waals surface area contributed by atoms with E-state index in [-0.39, 0.29) is 5.91 Å². The van der Waals surface area contributed by atoms with Crippen LogP contribution < -0.4 is 14.4 Å². The molecular formula is C25H32N6O3. The molecule has 3 heterocycles. The zero-order chi connectivity index (χ0) is 24.2. The predicted octanol–water partition coefficient (Wildman–Crippen LogP) is 3.35. The Kier molecular flexibility index (Phi) is 7.00. The van der Waals surface area contributed by atoms with Gasteiger partial charge in [0.1, 0.15) is 0 Å². The lowest BCUT2D eigenvalue weighted by atomic mass is 10.1. The topological polar surface area (TPSA) is 85.6 Å². The van der Waals surface area contributed by atoms with Crippen LogP contribution in [0, 0.1) is 20.8 Å². The number of hydrogen-bond acceptors (Lipinski definition) is 7. The Balaban J connectivity index is 1.40. The van der Waals surface area contributed by atoms with Crippen LogP contribution in [0.4, 0.5) is 5.82 Å². The summed E-state index contributed by atoms with van der Waals surface area (Å²) in [5.74, 6) is 2.75. The third kappa shape index (κ3) is 4.69. The Labute approximate surface area is 200 Å². The normalized spacial score (nSPS) is 13.8. The highest BCUT2D eigenvalue weighted by Gasteiger charge is 2.24. The number of hydrogen-bond donors (Lipinski definition) is 0. The summed E-state index contributed by atoms with van der Waals surface area (Å²) in [6.07, 6.45) is 0. The standard InChI is InChI=1S/C25H32N6O3/c1-6-33-21-9-8-20(16-22(21)34-7-2)25(32)30-14-12-29(13-15-30)23-10-11-24(27-26-23)31-19(5)17(3)18(4)28-31/h8-11,16H,6-7,12-15H2,1-5H3. The molecule has 1 aliphatic heterocycles. The van der Waals surface area contributed by atoms with Gasteiger partial charge in [-0.3, -0.25) is 4.79 Å². The van der Waals surface area contributed by atoms with Gasteiger partial charge in [-0.15, -0.1) is 10.2 Å². The van der Waals surface area contributed by atoms with Gasteiger partial charge in [-0.05, 0) is 70.5 Å². The van der Waals surface area contributed by atoms with Crippen LogP contribution in [0.1, 0.15) is 41.2 Å². The number of carbonyl (C=O) groups excluding carboxylic acids is 1. The van der Waals surface area contributed by atoms with Crippen LogP contribution in [-0.4, -0.2) is 70.2 Å². The van der Waals surface area contributed by atoms with Crippen LogP contribution in [-0.2, 0) is 0 Å². The Morgan fingerprint density at radius 1 is 0.882 bits per heavy atom. The van der Waals surface area contributed by atoms with Gasteiger partial charge >= 0.3 is 0 Å². The van der Waals surface area contributed by atoms with Crippen molar-refractivity contribution in [2.45, 2.75) is 34.6 Å². The molecule has 1 amide bonds. The van der Waals surface area contributed by atoms with E-state index in [2.05, 4.69) is 27.1 Å². The SMILES string of the molecule is CCOc1ccc(C(=O)N2CCN(c3ccc(-n4nc(C)c(C)c4C)nn3)CC2)cc1OCC. The quantitative estimate of drug-likeness (QED) is 0.530. The average molecular weight is 465 g/mol. The maximum Gasteiger partial charge on any atom is 0.254 e. The summed E-state index contributed by atoms with van der Waals surface area (Å²) >= 11 is 0. The molecule has 9 nitrogen and oxygen atoms in total. The van der Waals surface area contributed by atoms with E-state index < -0.39 is 0 Å². The predicted molar refractivity (Wildman–Crippen MR) is 130 cm³/mol. The molecule has 1 aliphatic rings. The van der Waals surface area contributed by atoms with Crippen LogP contribution in [0.2, 0.25) is 0 Å². The van der Waals surface area contributed by atoms with Crippen molar-refractivity contribution in [3.05, 3.63) is 52.8 Å². The highest BCUT2D eigenvalue weighted by atomic mass is 16.5. The van der Waals surface area contributed by atoms with Crippen LogP contribution >= 0.6 is 0 Å². The van der Waals surface area contributed by atoms with Gasteiger partial charge < -0.3 is 19.3 Å². The lowest BCUT2D eigenvalue weighted by molar-refractivity contribution is 0.0746. The van der Waals surface area contributed by atoms with Gasteiger partial charge in [-0.1, -0.05) is 0 Å². The van der Waals surface area contributed by atoms with Crippen LogP contribution in [0.5, 0.6) is 11.5 Å². The number of aromatic nitrogens is 4. The summed E-state index contributed by atoms with van der Waals surface area (Å²) in [7, 11) is 0. The van der Waals surface area contributed by atoms with E-state index in [1.54, 1.807) is 18.2 Å². The van der Waals surface area contributed by atoms with E-state index in [1.165, 1.54) is 0 Å². The third-order valence-electron chi connectivity index (χ3n) is 6.19. The minimum atomic E-state index is -0.00928. The van der Waals surface area contributed by atoms with Gasteiger partial charge in [-0.25, -0.2) is 4.68 Å². The molecule has 180 valence electrons. The van der Waals surface area contributed by atoms with E-state index in [9.17, 15) is 4.79 Å². The second-order valence-electron chi connectivity index (χ2n) is 8.26. The smallest absolute Gasteiger partial charge is 0.254 e. The van der Waals surface area contributed by atoms with Crippen molar-refractivity contribution in [1.29, 1.82) is 0 Å². The number of aryl methyl sites for hydroxylation is 1. The van der Waals surface area contributed by atoms with Crippen LogP contribution in [0.15, 0.2) is 30.3 Å². The van der Waals surface area contributed by atoms with Gasteiger partial charge in [0.15, 0.2) is 23.1 Å². The molecular weight excluding hydrogens is 432 g/mol. The molecule has 9 heteroatoms. The number of carbonyl (C=O) groups is 1. The fourth-order valence-electron chi connectivity index (χ4n) is 4.05. The Bertz CT molecular complexity index is 1150. The molecule has 3 aromatic rings. The summed E-state index contributed by atoms with van der Waals surface area (Å²) in [5, 5.41) is 13.4. The number of ether oxygens (including phenoxy) is 2. The highest BCUT2D eigenvalue weighted by molar-refractivity contribution is 5.95. The van der Waals surface area contributed by atoms with Gasteiger partial charge in [0.05, 0.1) is 18.9 Å². The minimum Gasteiger partial charge on any atom is -0.490 e. The van der Waals surface area contributed by atoms with Crippen LogP contribution in [0.25, 0.3) is 5.82 Å². The van der Waals surface area contributed by atoms with Crippen molar-refractivity contribution < 1.29 is 14.3 Å². The lowest BCUT2D eigenvalue weighted by Gasteiger charge is -2.35. The first-order valence-corrected chi connectivity index (χ1v) is 11.7. The number of nitrogens with zero attached hydrogens (tertiary/aromatic N) is 6. The summed E-state index contributed by atoms with van der Waals surface area (Å²) in [4.78, 5) is 17.1. The van der Waals surface area contributed by atoms with Crippen LogP contribution in [0.3, 0.4) is 0 Å². The van der Waals surface area contributed by atoms with E-state index in [4.69, 9.17) is 9.47 Å². The average Bonchev–Trinajstić information content (AvgIpc) is 3.12. The summed E-state index contributed by atoms with van der Waals surface area (Å²) in [6.45, 7) is 13.6. The van der Waals surface area contributed by atoms with Crippen molar-refractivity contribution in [2.24, 2.45) is 0 Å². The Hall–Kier alpha value is -3.62. The minimum absolute atomic E-state index is 0.00928. The van der Waals surface area contributed by atoms with Gasteiger partial charge in [0.25, 0.3) is 5.91 Å². The van der Waals surface area contributed by atoms with Gasteiger partial charge in [0.2, 0.25) is 0 Å². The zero-order valence-electron chi connectivity index (χ0n) is 20.5. The molecule has 1 fully saturated rings. The lowest BCUT2D eigenvalue weighted by Crippen LogP contribution is -2.49. The number of piperazine rings is 1. The van der Waals surface area contributed by atoms with Crippen molar-refractivity contribution in [3.63, 3.8) is 0 Å². The zero-order valence-corrected chi connectivity index (χ0v) is 20.5. The first-order valence-electron chi connectivity index (χ1n) is 11.7. The largest absolute Gasteiger partial charge is 0.490 e. The van der Waals surface area contributed by atoms with E-state index >= 15 is 0 Å². The Morgan fingerprint density at radius 3 is 2.12 bits per heavy atom. The van der Waals surface area contributed by atoms with Crippen molar-refractivity contribution in [1.82, 2.24) is 24.9 Å². The molecule has 0 bridgehead atoms. The second-order valence-corrected chi connectivity index (χ2v) is 8.26. The monoisotopic (exact) mass is 464 g/mol. The molecule has 1 saturated heterocycles. The number of benzene rings is 1. The molecule has 0 spiro atoms. The van der Waals surface area contributed by atoms with E-state index in [0.717, 1.165) is 22.8 Å². The number of amides is 1. The fourth-order valence-corrected chi connectivity index (χ4v) is 4.05. The second kappa shape index (κ2) is 10.1. The highest BCUT2D eigenvalue weighted by Crippen LogP contribution is 2.29. The van der Waals surface area contributed by atoms with Gasteiger partial charge in [-0.2, -0.15) is 5.10 Å². The van der Waals surface area contributed by atoms with Crippen molar-refractivity contribution >= 4 is 11.7 Å². The van der Waals surface area contributed by atoms with E-state index in [0.29, 0.717) is 62.3 Å². The maximum absolute atomic E-state index is 13.1. The summed E-state index contributed by atoms with van der Waals surface area (Å²) < 4.78 is 13.1. The number of rotatable bonds is 7. The molecule has 2 aromatic heterocycles. The molecule has 0 unspecified atom stereocenters. The Morgan fingerprint density at radius 2 is 1.53 bits per heavy atom. The molecule has 0 atom stereocenters. The molecule has 0 aliphatic carbocycles. The first-order chi connectivity index (χ1) is 16.4. The van der Waals surface area contributed by atoms with Crippen molar-refractivity contribution in [3.8, 4) is 17.3 Å². The third-order valence-corrected chi connectivity index (χ3v) is 6.19. The molecule has 34 heavy (non-hydrogen) atoms. The number of anilines is 1. The van der Waals surface area contributed by atoms with Gasteiger partial charge in [0, 0.05) is 37.4 Å². The fraction of sp³-hybridized carbons (Fsp3) is 0.440. The first kappa shape index (κ1) is 23.5. The maximum atomic E-state index is 13.1. The molecule has 0 saturated carbocycles. The summed E-state index contributed by atoms with van der Waals surface area (Å²) in [6, 6.07) is 9.28. The molecule has 0 radical (unpaired) electrons. The van der Waals surface area contributed by atoms with E-state index in [1.807, 2.05) is 49.4 Å². The van der Waals surface area contributed by atoms with Crippen molar-refractivity contribution in [2.75, 3.05) is 44.3 Å². The summed E-state index contributed by atoms with van der Waals surface area (Å²) in [5.41, 5.74) is 3.82. The molecule has 0 N–H and O–H groups in total.